The van der Waals surface area contributed by atoms with Crippen molar-refractivity contribution in [2.24, 2.45) is 0 Å². The van der Waals surface area contributed by atoms with E-state index >= 15 is 0 Å². The highest BCUT2D eigenvalue weighted by Crippen LogP contribution is 2.44. The minimum Gasteiger partial charge on any atom is -0.349 e. The Morgan fingerprint density at radius 3 is 2.58 bits per heavy atom. The summed E-state index contributed by atoms with van der Waals surface area (Å²) in [5, 5.41) is 4.07. The van der Waals surface area contributed by atoms with Gasteiger partial charge in [0.15, 0.2) is 0 Å². The highest BCUT2D eigenvalue weighted by molar-refractivity contribution is 9.10. The van der Waals surface area contributed by atoms with Gasteiger partial charge in [-0.15, -0.1) is 11.3 Å². The molecule has 1 aliphatic rings. The third-order valence-electron chi connectivity index (χ3n) is 4.78. The molecule has 5 heteroatoms. The van der Waals surface area contributed by atoms with E-state index in [9.17, 15) is 4.79 Å². The van der Waals surface area contributed by atoms with Crippen molar-refractivity contribution in [3.63, 3.8) is 0 Å². The molecule has 24 heavy (non-hydrogen) atoms. The number of thiazole rings is 1. The predicted molar refractivity (Wildman–Crippen MR) is 101 cm³/mol. The highest BCUT2D eigenvalue weighted by atomic mass is 79.9. The molecule has 1 saturated carbocycles. The van der Waals surface area contributed by atoms with Gasteiger partial charge in [0.05, 0.1) is 22.2 Å². The number of carbonyl (C=O) groups excluding carboxylic acids is 1. The van der Waals surface area contributed by atoms with E-state index in [-0.39, 0.29) is 11.3 Å². The Labute approximate surface area is 153 Å². The number of amides is 1. The van der Waals surface area contributed by atoms with Gasteiger partial charge in [0, 0.05) is 4.47 Å². The maximum absolute atomic E-state index is 12.9. The second-order valence-electron chi connectivity index (χ2n) is 6.20. The molecule has 0 atom stereocenters. The van der Waals surface area contributed by atoms with E-state index in [4.69, 9.17) is 0 Å². The topological polar surface area (TPSA) is 42.0 Å². The van der Waals surface area contributed by atoms with Crippen molar-refractivity contribution in [2.45, 2.75) is 31.2 Å². The zero-order valence-electron chi connectivity index (χ0n) is 13.1. The van der Waals surface area contributed by atoms with E-state index in [1.54, 1.807) is 11.3 Å². The Morgan fingerprint density at radius 2 is 1.92 bits per heavy atom. The van der Waals surface area contributed by atoms with Gasteiger partial charge < -0.3 is 5.32 Å². The number of nitrogens with zero attached hydrogens (tertiary/aromatic N) is 1. The first-order chi connectivity index (χ1) is 11.7. The summed E-state index contributed by atoms with van der Waals surface area (Å²) in [6, 6.07) is 16.2. The van der Waals surface area contributed by atoms with Crippen molar-refractivity contribution in [3.8, 4) is 0 Å². The first kappa shape index (κ1) is 15.8. The lowest BCUT2D eigenvalue weighted by Crippen LogP contribution is -2.48. The molecule has 1 amide bonds. The van der Waals surface area contributed by atoms with Crippen LogP contribution in [0.25, 0.3) is 10.2 Å². The van der Waals surface area contributed by atoms with E-state index in [1.165, 1.54) is 0 Å². The molecule has 0 radical (unpaired) electrons. The number of hydrogen-bond donors (Lipinski definition) is 1. The Bertz CT molecular complexity index is 851. The Morgan fingerprint density at radius 1 is 1.17 bits per heavy atom. The quantitative estimate of drug-likeness (QED) is 0.683. The molecule has 1 aromatic heterocycles. The summed E-state index contributed by atoms with van der Waals surface area (Å²) in [5.41, 5.74) is 1.74. The van der Waals surface area contributed by atoms with Gasteiger partial charge in [0.1, 0.15) is 5.01 Å². The number of hydrogen-bond acceptors (Lipinski definition) is 3. The standard InChI is InChI=1S/C19H17BrN2OS/c20-14-8-6-13(7-9-14)19(10-3-11-19)18(23)21-12-17-22-15-4-1-2-5-16(15)24-17/h1-2,4-9H,3,10-12H2,(H,21,23). The van der Waals surface area contributed by atoms with Gasteiger partial charge in [-0.25, -0.2) is 4.98 Å². The molecular weight excluding hydrogens is 384 g/mol. The van der Waals surface area contributed by atoms with Gasteiger partial charge in [-0.1, -0.05) is 46.6 Å². The van der Waals surface area contributed by atoms with Crippen LogP contribution >= 0.6 is 27.3 Å². The number of rotatable bonds is 4. The molecule has 2 aromatic carbocycles. The third-order valence-corrected chi connectivity index (χ3v) is 6.34. The van der Waals surface area contributed by atoms with Crippen LogP contribution in [0.4, 0.5) is 0 Å². The summed E-state index contributed by atoms with van der Waals surface area (Å²) in [6.07, 6.45) is 2.94. The molecular formula is C19H17BrN2OS. The number of nitrogens with one attached hydrogen (secondary N) is 1. The molecule has 122 valence electrons. The van der Waals surface area contributed by atoms with E-state index in [1.807, 2.05) is 30.3 Å². The van der Waals surface area contributed by atoms with Crippen LogP contribution in [0.5, 0.6) is 0 Å². The van der Waals surface area contributed by atoms with Crippen molar-refractivity contribution < 1.29 is 4.79 Å². The summed E-state index contributed by atoms with van der Waals surface area (Å²) >= 11 is 5.10. The summed E-state index contributed by atoms with van der Waals surface area (Å²) in [4.78, 5) is 17.5. The van der Waals surface area contributed by atoms with Crippen molar-refractivity contribution in [1.29, 1.82) is 0 Å². The second kappa shape index (κ2) is 6.30. The summed E-state index contributed by atoms with van der Waals surface area (Å²) in [6.45, 7) is 0.496. The zero-order valence-corrected chi connectivity index (χ0v) is 15.5. The molecule has 0 aliphatic heterocycles. The number of carbonyl (C=O) groups is 1. The highest BCUT2D eigenvalue weighted by Gasteiger charge is 2.45. The number of halogens is 1. The van der Waals surface area contributed by atoms with Gasteiger partial charge in [-0.05, 0) is 42.7 Å². The van der Waals surface area contributed by atoms with E-state index in [0.717, 1.165) is 44.5 Å². The Hall–Kier alpha value is -1.72. The molecule has 3 nitrogen and oxygen atoms in total. The molecule has 1 fully saturated rings. The summed E-state index contributed by atoms with van der Waals surface area (Å²) in [5.74, 6) is 0.121. The van der Waals surface area contributed by atoms with Crippen molar-refractivity contribution in [1.82, 2.24) is 10.3 Å². The number of benzene rings is 2. The third kappa shape index (κ3) is 2.76. The molecule has 0 bridgehead atoms. The van der Waals surface area contributed by atoms with E-state index < -0.39 is 0 Å². The molecule has 3 aromatic rings. The fourth-order valence-corrected chi connectivity index (χ4v) is 4.44. The van der Waals surface area contributed by atoms with E-state index in [0.29, 0.717) is 6.54 Å². The monoisotopic (exact) mass is 400 g/mol. The largest absolute Gasteiger partial charge is 0.349 e. The smallest absolute Gasteiger partial charge is 0.231 e. The van der Waals surface area contributed by atoms with Crippen LogP contribution in [-0.4, -0.2) is 10.9 Å². The Balaban J connectivity index is 1.51. The van der Waals surface area contributed by atoms with Crippen molar-refractivity contribution >= 4 is 43.4 Å². The van der Waals surface area contributed by atoms with E-state index in [2.05, 4.69) is 44.4 Å². The number of para-hydroxylation sites is 1. The molecule has 1 aliphatic carbocycles. The normalized spacial score (nSPS) is 15.9. The van der Waals surface area contributed by atoms with Crippen LogP contribution < -0.4 is 5.32 Å². The van der Waals surface area contributed by atoms with Crippen LogP contribution in [0.1, 0.15) is 29.8 Å². The van der Waals surface area contributed by atoms with Crippen LogP contribution in [0.2, 0.25) is 0 Å². The van der Waals surface area contributed by atoms with Gasteiger partial charge in [0.25, 0.3) is 0 Å². The maximum Gasteiger partial charge on any atom is 0.231 e. The van der Waals surface area contributed by atoms with Crippen LogP contribution in [0, 0.1) is 0 Å². The van der Waals surface area contributed by atoms with Gasteiger partial charge in [0.2, 0.25) is 5.91 Å². The Kier molecular flexibility index (Phi) is 4.14. The second-order valence-corrected chi connectivity index (χ2v) is 8.23. The van der Waals surface area contributed by atoms with Crippen LogP contribution in [0.15, 0.2) is 53.0 Å². The molecule has 0 saturated heterocycles. The molecule has 4 rings (SSSR count). The van der Waals surface area contributed by atoms with Gasteiger partial charge >= 0.3 is 0 Å². The molecule has 0 spiro atoms. The number of aromatic nitrogens is 1. The predicted octanol–water partition coefficient (Wildman–Crippen LogP) is 4.80. The average molecular weight is 401 g/mol. The fraction of sp³-hybridized carbons (Fsp3) is 0.263. The molecule has 0 unspecified atom stereocenters. The zero-order chi connectivity index (χ0) is 16.6. The average Bonchev–Trinajstić information content (AvgIpc) is 2.96. The summed E-state index contributed by atoms with van der Waals surface area (Å²) in [7, 11) is 0. The minimum absolute atomic E-state index is 0.121. The van der Waals surface area contributed by atoms with Crippen molar-refractivity contribution in [3.05, 3.63) is 63.6 Å². The fourth-order valence-electron chi connectivity index (χ4n) is 3.27. The van der Waals surface area contributed by atoms with Gasteiger partial charge in [-0.3, -0.25) is 4.79 Å². The maximum atomic E-state index is 12.9. The van der Waals surface area contributed by atoms with Crippen molar-refractivity contribution in [2.75, 3.05) is 0 Å². The lowest BCUT2D eigenvalue weighted by Gasteiger charge is -2.40. The van der Waals surface area contributed by atoms with Gasteiger partial charge in [-0.2, -0.15) is 0 Å². The first-order valence-corrected chi connectivity index (χ1v) is 9.67. The molecule has 1 N–H and O–H groups in total. The lowest BCUT2D eigenvalue weighted by atomic mass is 9.64. The lowest BCUT2D eigenvalue weighted by molar-refractivity contribution is -0.130. The van der Waals surface area contributed by atoms with Crippen LogP contribution in [0.3, 0.4) is 0 Å². The summed E-state index contributed by atoms with van der Waals surface area (Å²) < 4.78 is 2.20. The molecule has 1 heterocycles. The first-order valence-electron chi connectivity index (χ1n) is 8.06. The SMILES string of the molecule is O=C(NCc1nc2ccccc2s1)C1(c2ccc(Br)cc2)CCC1. The number of fused-ring (bicyclic) bond motifs is 1. The minimum atomic E-state index is -0.364. The van der Waals surface area contributed by atoms with Crippen LogP contribution in [-0.2, 0) is 16.8 Å².